The first-order valence-electron chi connectivity index (χ1n) is 19.2. The number of carbonyl (C=O) groups excluding carboxylic acids is 4. The second kappa shape index (κ2) is 22.3. The lowest BCUT2D eigenvalue weighted by molar-refractivity contribution is 0.0278. The van der Waals surface area contributed by atoms with Crippen LogP contribution in [0.4, 0.5) is 30.6 Å². The molecule has 314 valence electrons. The number of likely N-dealkylation sites (tertiary alicyclic amines) is 3. The zero-order valence-corrected chi connectivity index (χ0v) is 35.4. The van der Waals surface area contributed by atoms with E-state index in [9.17, 15) is 19.2 Å². The third kappa shape index (κ3) is 18.4. The van der Waals surface area contributed by atoms with Gasteiger partial charge in [0.2, 0.25) is 0 Å². The molecule has 3 fully saturated rings. The Balaban J connectivity index is 0.000000237. The molecule has 57 heavy (non-hydrogen) atoms. The number of halogens is 2. The number of anilines is 2. The highest BCUT2D eigenvalue weighted by molar-refractivity contribution is 6.31. The summed E-state index contributed by atoms with van der Waals surface area (Å²) in [5, 5.41) is 21.0. The van der Waals surface area contributed by atoms with Gasteiger partial charge in [-0.2, -0.15) is 5.26 Å². The van der Waals surface area contributed by atoms with Gasteiger partial charge in [0.25, 0.3) is 0 Å². The van der Waals surface area contributed by atoms with Crippen LogP contribution in [0.25, 0.3) is 0 Å². The molecule has 3 unspecified atom stereocenters. The van der Waals surface area contributed by atoms with Crippen LogP contribution in [0.15, 0.2) is 48.5 Å². The van der Waals surface area contributed by atoms with Gasteiger partial charge in [-0.3, -0.25) is 0 Å². The largest absolute Gasteiger partial charge is 0.444 e. The lowest BCUT2D eigenvalue weighted by Crippen LogP contribution is -2.37. The Hall–Kier alpha value is -4.65. The Morgan fingerprint density at radius 3 is 1.53 bits per heavy atom. The number of rotatable bonds is 7. The van der Waals surface area contributed by atoms with Crippen LogP contribution in [0.1, 0.15) is 60.8 Å². The number of nitrogens with one attached hydrogen (secondary N) is 4. The van der Waals surface area contributed by atoms with Crippen molar-refractivity contribution in [2.45, 2.75) is 72.0 Å². The van der Waals surface area contributed by atoms with Gasteiger partial charge in [-0.15, -0.1) is 0 Å². The van der Waals surface area contributed by atoms with E-state index in [4.69, 9.17) is 43.7 Å². The Bertz CT molecular complexity index is 1680. The number of benzene rings is 2. The number of nitrogens with two attached hydrogens (primary N) is 1. The number of hydrogen-bond donors (Lipinski definition) is 5. The number of amides is 6. The lowest BCUT2D eigenvalue weighted by Gasteiger charge is -2.24. The van der Waals surface area contributed by atoms with Crippen LogP contribution in [-0.2, 0) is 9.47 Å². The Labute approximate surface area is 346 Å². The first kappa shape index (κ1) is 46.7. The molecule has 2 aromatic carbocycles. The maximum Gasteiger partial charge on any atom is 0.410 e. The van der Waals surface area contributed by atoms with Crippen molar-refractivity contribution in [1.29, 1.82) is 5.26 Å². The number of hydrogen-bond acceptors (Lipinski definition) is 9. The average Bonchev–Trinajstić information content (AvgIpc) is 3.91. The van der Waals surface area contributed by atoms with Crippen LogP contribution in [-0.4, -0.2) is 109 Å². The fraction of sp³-hybridized carbons (Fsp3) is 0.575. The predicted molar refractivity (Wildman–Crippen MR) is 223 cm³/mol. The summed E-state index contributed by atoms with van der Waals surface area (Å²) in [5.74, 6) is 1.01. The van der Waals surface area contributed by atoms with Crippen LogP contribution >= 0.6 is 23.2 Å². The van der Waals surface area contributed by atoms with Gasteiger partial charge < -0.3 is 51.2 Å². The number of nitrogens with zero attached hydrogens (tertiary/aromatic N) is 4. The molecule has 2 aromatic rings. The molecule has 0 aromatic heterocycles. The summed E-state index contributed by atoms with van der Waals surface area (Å²) in [4.78, 5) is 52.3. The van der Waals surface area contributed by atoms with E-state index < -0.39 is 11.2 Å². The highest BCUT2D eigenvalue weighted by atomic mass is 35.5. The first-order valence-corrected chi connectivity index (χ1v) is 20.0. The Morgan fingerprint density at radius 1 is 0.719 bits per heavy atom. The van der Waals surface area contributed by atoms with Crippen LogP contribution < -0.4 is 27.0 Å². The van der Waals surface area contributed by atoms with Crippen LogP contribution in [0, 0.1) is 29.2 Å². The molecule has 6 N–H and O–H groups in total. The summed E-state index contributed by atoms with van der Waals surface area (Å²) in [6.45, 7) is 17.2. The van der Waals surface area contributed by atoms with Gasteiger partial charge in [0.1, 0.15) is 11.2 Å². The minimum Gasteiger partial charge on any atom is -0.444 e. The second-order valence-corrected chi connectivity index (χ2v) is 17.2. The van der Waals surface area contributed by atoms with Crippen molar-refractivity contribution in [3.05, 3.63) is 58.6 Å². The van der Waals surface area contributed by atoms with Crippen molar-refractivity contribution in [1.82, 2.24) is 25.3 Å². The molecule has 0 spiro atoms. The highest BCUT2D eigenvalue weighted by Gasteiger charge is 2.31. The smallest absolute Gasteiger partial charge is 0.410 e. The topological polar surface area (TPSA) is 194 Å². The van der Waals surface area contributed by atoms with E-state index in [0.29, 0.717) is 72.5 Å². The summed E-state index contributed by atoms with van der Waals surface area (Å²) in [7, 11) is 0. The molecule has 0 aliphatic carbocycles. The van der Waals surface area contributed by atoms with Crippen molar-refractivity contribution in [3.8, 4) is 6.19 Å². The quantitative estimate of drug-likeness (QED) is 0.180. The summed E-state index contributed by atoms with van der Waals surface area (Å²) >= 11 is 11.7. The minimum absolute atomic E-state index is 0.214. The average molecular weight is 833 g/mol. The molecule has 0 saturated carbocycles. The van der Waals surface area contributed by atoms with E-state index in [1.807, 2.05) is 41.5 Å². The lowest BCUT2D eigenvalue weighted by atomic mass is 10.1. The van der Waals surface area contributed by atoms with Crippen molar-refractivity contribution in [3.63, 3.8) is 0 Å². The highest BCUT2D eigenvalue weighted by Crippen LogP contribution is 2.21. The van der Waals surface area contributed by atoms with E-state index >= 15 is 0 Å². The number of ether oxygens (including phenoxy) is 2. The molecule has 3 aliphatic heterocycles. The molecule has 17 heteroatoms. The van der Waals surface area contributed by atoms with E-state index in [1.54, 1.807) is 63.2 Å². The fourth-order valence-corrected chi connectivity index (χ4v) is 6.44. The van der Waals surface area contributed by atoms with Gasteiger partial charge in [-0.1, -0.05) is 35.3 Å². The number of nitriles is 1. The monoisotopic (exact) mass is 831 g/mol. The maximum absolute atomic E-state index is 12.0. The van der Waals surface area contributed by atoms with E-state index in [2.05, 4.69) is 27.5 Å². The molecule has 5 rings (SSSR count). The molecule has 6 amide bonds. The molecular weight excluding hydrogens is 773 g/mol. The zero-order valence-electron chi connectivity index (χ0n) is 33.9. The van der Waals surface area contributed by atoms with Crippen LogP contribution in [0.2, 0.25) is 10.0 Å². The van der Waals surface area contributed by atoms with E-state index in [0.717, 1.165) is 38.9 Å². The summed E-state index contributed by atoms with van der Waals surface area (Å²) in [5.41, 5.74) is 5.95. The van der Waals surface area contributed by atoms with Gasteiger partial charge in [0.05, 0.1) is 0 Å². The molecule has 3 heterocycles. The summed E-state index contributed by atoms with van der Waals surface area (Å²) in [6, 6.07) is 13.4. The molecule has 15 nitrogen and oxygen atoms in total. The van der Waals surface area contributed by atoms with Crippen LogP contribution in [0.3, 0.4) is 0 Å². The van der Waals surface area contributed by atoms with E-state index in [-0.39, 0.29) is 30.2 Å². The zero-order chi connectivity index (χ0) is 42.2. The maximum atomic E-state index is 12.0. The van der Waals surface area contributed by atoms with Gasteiger partial charge in [-0.05, 0) is 122 Å². The third-order valence-electron chi connectivity index (χ3n) is 8.90. The third-order valence-corrected chi connectivity index (χ3v) is 9.37. The van der Waals surface area contributed by atoms with E-state index in [1.165, 1.54) is 0 Å². The van der Waals surface area contributed by atoms with Gasteiger partial charge in [0, 0.05) is 73.8 Å². The van der Waals surface area contributed by atoms with Crippen molar-refractivity contribution in [2.24, 2.45) is 23.5 Å². The minimum atomic E-state index is -0.496. The van der Waals surface area contributed by atoms with Gasteiger partial charge >= 0.3 is 24.2 Å². The predicted octanol–water partition coefficient (Wildman–Crippen LogP) is 7.19. The summed E-state index contributed by atoms with van der Waals surface area (Å²) in [6.07, 6.45) is 4.38. The molecular formula is C40H59Cl2N9O6. The van der Waals surface area contributed by atoms with Gasteiger partial charge in [0.15, 0.2) is 6.19 Å². The Kier molecular flexibility index (Phi) is 18.3. The fourth-order valence-electron chi connectivity index (χ4n) is 6.06. The van der Waals surface area contributed by atoms with Crippen molar-refractivity contribution >= 4 is 58.8 Å². The number of carbonyl (C=O) groups is 4. The normalized spacial score (nSPS) is 18.9. The second-order valence-electron chi connectivity index (χ2n) is 16.3. The molecule has 3 atom stereocenters. The summed E-state index contributed by atoms with van der Waals surface area (Å²) < 4.78 is 10.6. The first-order chi connectivity index (χ1) is 26.8. The molecule has 3 saturated heterocycles. The standard InChI is InChI=1S/C17H24ClN3O3.C13H15ClN4O.C10H20N2O2/c1-17(2,3)24-16(23)21-8-7-12(11-21)10-19-15(22)20-14-6-4-5-13(18)9-14;14-11-2-1-3-12(6-11)17-13(19)16-7-10-4-5-18(8-10)9-15;1-10(2,3)14-9(13)12-5-4-8(6-11)7-12/h4-6,9,12H,7-8,10-11H2,1-3H3,(H2,19,20,22);1-3,6,10H,4-5,7-8H2,(H2,16,17,19);8H,4-7,11H2,1-3H3. The van der Waals surface area contributed by atoms with Gasteiger partial charge in [-0.25, -0.2) is 19.2 Å². The van der Waals surface area contributed by atoms with Crippen molar-refractivity contribution in [2.75, 3.05) is 69.5 Å². The molecule has 0 bridgehead atoms. The number of urea groups is 2. The molecule has 3 aliphatic rings. The van der Waals surface area contributed by atoms with Crippen molar-refractivity contribution < 1.29 is 28.7 Å². The van der Waals surface area contributed by atoms with Crippen LogP contribution in [0.5, 0.6) is 0 Å². The SMILES string of the molecule is CC(C)(C)OC(=O)N1CCC(CN)C1.CC(C)(C)OC(=O)N1CCC(CNC(=O)Nc2cccc(Cl)c2)C1.N#CN1CCC(CNC(=O)Nc2cccc(Cl)c2)C1. The Morgan fingerprint density at radius 2 is 1.14 bits per heavy atom. The molecule has 0 radical (unpaired) electrons.